The number of nitrogens with one attached hydrogen (secondary N) is 1. The molecule has 1 aliphatic heterocycles. The topological polar surface area (TPSA) is 566 Å². The number of aliphatic carboxylic acids is 2. The molecular weight excluding hydrogens is 2250 g/mol. The van der Waals surface area contributed by atoms with Crippen molar-refractivity contribution in [3.05, 3.63) is 260 Å². The van der Waals surface area contributed by atoms with Gasteiger partial charge in [-0.2, -0.15) is 23.6 Å². The molecule has 0 aliphatic carbocycles. The van der Waals surface area contributed by atoms with E-state index in [1.54, 1.807) is 26.8 Å². The van der Waals surface area contributed by atoms with Crippen LogP contribution in [0.15, 0.2) is 211 Å². The van der Waals surface area contributed by atoms with E-state index in [4.69, 9.17) is 33.1 Å². The molecule has 137 heavy (non-hydrogen) atoms. The van der Waals surface area contributed by atoms with Crippen LogP contribution >= 0.6 is 45.2 Å². The molecule has 7 heterocycles. The molecule has 3 N–H and O–H groups in total. The van der Waals surface area contributed by atoms with Crippen molar-refractivity contribution in [1.29, 1.82) is 0 Å². The number of sulfonamides is 6. The number of carboxylic acids is 2. The number of pyridine rings is 3. The van der Waals surface area contributed by atoms with Gasteiger partial charge >= 0.3 is 0 Å². The maximum atomic E-state index is 13.7. The Bertz CT molecular complexity index is 7470. The van der Waals surface area contributed by atoms with E-state index in [1.807, 2.05) is 45.2 Å². The molecule has 730 valence electrons. The van der Waals surface area contributed by atoms with Crippen molar-refractivity contribution < 1.29 is 146 Å². The van der Waals surface area contributed by atoms with Gasteiger partial charge in [-0.05, 0) is 160 Å². The Balaban J connectivity index is 0.000000241. The zero-order valence-corrected chi connectivity index (χ0v) is 83.7. The number of carbonyl (C=O) groups is 5. The zero-order chi connectivity index (χ0) is 101. The first-order valence-corrected chi connectivity index (χ1v) is 51.6. The Hall–Kier alpha value is -12.1. The minimum Gasteiger partial charge on any atom is -0.481 e. The number of furan rings is 3. The van der Waals surface area contributed by atoms with Gasteiger partial charge in [0.2, 0.25) is 77.3 Å². The second-order valence-electron chi connectivity index (χ2n) is 29.0. The third-order valence-corrected chi connectivity index (χ3v) is 29.8. The SMILES string of the molecule is C=C1CN(S(=O)(=O)c2ccccc2[N+](=O)[O-])CCN(S(C)(=O)=O)c2nc3oc(-c4ccc(F)cc4)c(C(=O)CC)c3cc21.C=CCN(CCN(c1nc2oc(-c3ccc(F)cc3)c(C(=O)CC)c2cc1I)S(C)(=O)=O)S(=O)(=O)c1ccccc1[N+](=O)[O-].CC(=O)O.CC(=O)O.CCC(=O)c1c(-c2ccc(F)cc2)oc2nc(N(CCNS(=O)(=O)c3ccccc3[N+](=O)[O-])S(C)(=O)=O)c(I)cc12.[Pd]. The van der Waals surface area contributed by atoms with Crippen LogP contribution in [-0.2, 0) is 90.2 Å². The maximum absolute atomic E-state index is 13.7. The number of hydrogen-bond acceptors (Lipinski definition) is 29. The Morgan fingerprint density at radius 2 is 0.861 bits per heavy atom. The summed E-state index contributed by atoms with van der Waals surface area (Å²) in [5.41, 5.74) is 0.00862. The number of carbonyl (C=O) groups excluding carboxylic acids is 3. The van der Waals surface area contributed by atoms with Gasteiger partial charge in [0, 0.05) is 146 Å². The number of para-hydroxylation sites is 3. The van der Waals surface area contributed by atoms with E-state index in [0.29, 0.717) is 34.6 Å². The minimum absolute atomic E-state index is 0. The Morgan fingerprint density at radius 1 is 0.518 bits per heavy atom. The molecule has 13 rings (SSSR count). The van der Waals surface area contributed by atoms with Crippen LogP contribution in [0.4, 0.5) is 47.7 Å². The predicted molar refractivity (Wildman–Crippen MR) is 512 cm³/mol. The molecule has 6 aromatic heterocycles. The number of Topliss-reactive ketones (excluding diaryl/α,β-unsaturated/α-hetero) is 3. The number of anilines is 3. The molecule has 1 aliphatic rings. The van der Waals surface area contributed by atoms with Crippen LogP contribution in [0.3, 0.4) is 0 Å². The van der Waals surface area contributed by atoms with Crippen molar-refractivity contribution in [2.75, 3.05) is 84.0 Å². The molecule has 0 spiro atoms. The normalized spacial score (nSPS) is 12.5. The predicted octanol–water partition coefficient (Wildman–Crippen LogP) is 14.7. The number of fused-ring (bicyclic) bond motifs is 4. The molecule has 0 saturated carbocycles. The largest absolute Gasteiger partial charge is 0.481 e. The van der Waals surface area contributed by atoms with E-state index in [1.165, 1.54) is 127 Å². The Labute approximate surface area is 822 Å². The summed E-state index contributed by atoms with van der Waals surface area (Å²) >= 11 is 3.71. The number of halogens is 5. The van der Waals surface area contributed by atoms with Gasteiger partial charge in [0.05, 0.1) is 73.5 Å². The standard InChI is InChI=1S/C28H26FIN4O8S2.C28H25FN4O8S2.C25H22FIN4O8S2.2C2H4O2.Pd/c1-4-14-32(44(40,41)24-9-7-6-8-22(24)34(36)37)15-16-33(43(3,38)39)27-21(30)17-20-25(23(35)5-2)26(42-28(20)31-27)18-10-12-19(29)13-11-18;1-4-23(34)25-21-15-20-17(2)16-31(43(39,40)24-8-6-5-7-22(24)33(35)36)13-14-32(42(3,37)38)27(20)30-28(21)41-26(25)18-9-11-19(29)12-10-18;1-3-20(32)22-17-14-18(27)24(29-25(17)39-23(22)15-8-10-16(26)11-9-15)30(40(2,35)36)13-12-28-41(37,38)21-7-5-4-6-19(21)31(33)34;2*1-2(3)4;/h4,6-13,17H,1,5,14-16H2,2-3H3;5-12,15H,2,4,13-14,16H2,1,3H3;4-11,14,28H,3,12-13H2,1-2H3;2*1H3,(H,3,4);. The molecule has 0 bridgehead atoms. The van der Waals surface area contributed by atoms with Gasteiger partial charge in [0.1, 0.15) is 34.7 Å². The van der Waals surface area contributed by atoms with E-state index < -0.39 is 162 Å². The molecule has 12 aromatic rings. The monoisotopic (exact) mass is 2330 g/mol. The fourth-order valence-electron chi connectivity index (χ4n) is 13.4. The number of carboxylic acid groups (broad SMARTS) is 2. The van der Waals surface area contributed by atoms with Crippen molar-refractivity contribution in [3.8, 4) is 34.0 Å². The van der Waals surface area contributed by atoms with Crippen molar-refractivity contribution in [2.24, 2.45) is 0 Å². The van der Waals surface area contributed by atoms with Crippen molar-refractivity contribution in [2.45, 2.75) is 68.6 Å². The maximum Gasteiger partial charge on any atom is 0.300 e. The number of ketones is 3. The molecule has 6 aromatic carbocycles. The van der Waals surface area contributed by atoms with Crippen LogP contribution in [0.2, 0.25) is 0 Å². The Morgan fingerprint density at radius 3 is 1.23 bits per heavy atom. The molecule has 52 heteroatoms. The summed E-state index contributed by atoms with van der Waals surface area (Å²) in [6.07, 6.45) is 4.37. The van der Waals surface area contributed by atoms with Crippen molar-refractivity contribution >= 4 is 208 Å². The van der Waals surface area contributed by atoms with Gasteiger partial charge in [-0.25, -0.2) is 68.4 Å². The van der Waals surface area contributed by atoms with Gasteiger partial charge in [-0.1, -0.05) is 69.8 Å². The molecule has 0 amide bonds. The summed E-state index contributed by atoms with van der Waals surface area (Å²) in [4.78, 5) is 101. The van der Waals surface area contributed by atoms with E-state index in [2.05, 4.69) is 32.8 Å². The molecule has 0 fully saturated rings. The quantitative estimate of drug-likeness (QED) is 0.00907. The minimum atomic E-state index is -4.50. The number of nitrogens with zero attached hydrogens (tertiary/aromatic N) is 11. The summed E-state index contributed by atoms with van der Waals surface area (Å²) in [7, 11) is -25.5. The average molecular weight is 2330 g/mol. The summed E-state index contributed by atoms with van der Waals surface area (Å²) in [5.74, 6) is -3.83. The van der Waals surface area contributed by atoms with Crippen LogP contribution in [0.5, 0.6) is 0 Å². The second kappa shape index (κ2) is 45.9. The van der Waals surface area contributed by atoms with E-state index in [9.17, 15) is 108 Å². The van der Waals surface area contributed by atoms with E-state index in [0.717, 1.165) is 90.5 Å². The fourth-order valence-corrected chi connectivity index (χ4v) is 22.1. The number of aromatic nitrogens is 3. The first kappa shape index (κ1) is 110. The molecule has 40 nitrogen and oxygen atoms in total. The van der Waals surface area contributed by atoms with Crippen LogP contribution < -0.4 is 17.6 Å². The van der Waals surface area contributed by atoms with Crippen molar-refractivity contribution in [3.63, 3.8) is 0 Å². The van der Waals surface area contributed by atoms with Crippen LogP contribution in [0.1, 0.15) is 90.5 Å². The molecular formula is C85H81F3I2N12O28PdS6. The van der Waals surface area contributed by atoms with Crippen molar-refractivity contribution in [1.82, 2.24) is 28.3 Å². The number of hydrogen-bond donors (Lipinski definition) is 3. The zero-order valence-electron chi connectivity index (χ0n) is 72.9. The molecule has 0 unspecified atom stereocenters. The van der Waals surface area contributed by atoms with E-state index >= 15 is 0 Å². The number of rotatable bonds is 31. The summed E-state index contributed by atoms with van der Waals surface area (Å²) in [5, 5.41) is 50.1. The summed E-state index contributed by atoms with van der Waals surface area (Å²) in [6, 6.07) is 34.9. The summed E-state index contributed by atoms with van der Waals surface area (Å²) < 4.78 is 223. The average Bonchev–Trinajstić information content (AvgIpc) is 1.64. The first-order chi connectivity index (χ1) is 63.6. The number of nitro benzene ring substituents is 3. The fraction of sp³-hybridized carbons (Fsp3) is 0.224. The summed E-state index contributed by atoms with van der Waals surface area (Å²) in [6.45, 7) is 11.6. The molecule has 0 atom stereocenters. The smallest absolute Gasteiger partial charge is 0.300 e. The van der Waals surface area contributed by atoms with Gasteiger partial charge < -0.3 is 23.5 Å². The van der Waals surface area contributed by atoms with Gasteiger partial charge in [0.15, 0.2) is 49.5 Å². The third-order valence-electron chi connectivity index (χ3n) is 19.4. The van der Waals surface area contributed by atoms with Crippen LogP contribution in [0.25, 0.3) is 72.8 Å². The van der Waals surface area contributed by atoms with Crippen LogP contribution in [-0.4, -0.2) is 199 Å². The number of benzene rings is 6. The van der Waals surface area contributed by atoms with Gasteiger partial charge in [-0.15, -0.1) is 6.58 Å². The van der Waals surface area contributed by atoms with E-state index in [-0.39, 0.29) is 168 Å². The second-order valence-corrected chi connectivity index (χ2v) is 42.6. The van der Waals surface area contributed by atoms with Crippen LogP contribution in [0, 0.1) is 54.9 Å². The molecule has 0 radical (unpaired) electrons. The van der Waals surface area contributed by atoms with Gasteiger partial charge in [-0.3, -0.25) is 67.2 Å². The number of nitro groups is 3. The third kappa shape index (κ3) is 26.2. The van der Waals surface area contributed by atoms with Gasteiger partial charge in [0.25, 0.3) is 29.0 Å². The first-order valence-electron chi connectivity index (χ1n) is 39.6. The Kier molecular flexibility index (Phi) is 36.9. The molecule has 0 saturated heterocycles.